The molecule has 0 spiro atoms. The van der Waals surface area contributed by atoms with Gasteiger partial charge < -0.3 is 10.6 Å². The third-order valence-electron chi connectivity index (χ3n) is 3.34. The fourth-order valence-corrected chi connectivity index (χ4v) is 2.83. The maximum Gasteiger partial charge on any atom is 0.319 e. The fourth-order valence-electron chi connectivity index (χ4n) is 2.15. The summed E-state index contributed by atoms with van der Waals surface area (Å²) < 4.78 is 0.845. The van der Waals surface area contributed by atoms with Crippen molar-refractivity contribution in [2.24, 2.45) is 0 Å². The number of nitro benzene ring substituents is 1. The van der Waals surface area contributed by atoms with Gasteiger partial charge in [0.25, 0.3) is 0 Å². The number of rotatable bonds is 7. The van der Waals surface area contributed by atoms with Gasteiger partial charge in [-0.25, -0.2) is 4.98 Å². The molecule has 106 valence electrons. The van der Waals surface area contributed by atoms with E-state index >= 15 is 0 Å². The van der Waals surface area contributed by atoms with Crippen molar-refractivity contribution >= 4 is 32.9 Å². The van der Waals surface area contributed by atoms with Crippen LogP contribution in [0.5, 0.6) is 0 Å². The van der Waals surface area contributed by atoms with Gasteiger partial charge in [-0.3, -0.25) is 10.1 Å². The Labute approximate surface area is 120 Å². The van der Waals surface area contributed by atoms with E-state index in [4.69, 9.17) is 0 Å². The van der Waals surface area contributed by atoms with Gasteiger partial charge in [0.15, 0.2) is 5.52 Å². The van der Waals surface area contributed by atoms with Crippen LogP contribution in [0, 0.1) is 10.1 Å². The van der Waals surface area contributed by atoms with Gasteiger partial charge in [-0.2, -0.15) is 0 Å². The van der Waals surface area contributed by atoms with Crippen LogP contribution < -0.4 is 10.6 Å². The van der Waals surface area contributed by atoms with Crippen LogP contribution in [0.4, 0.5) is 11.4 Å². The first-order valence-electron chi connectivity index (χ1n) is 6.73. The number of thiazole rings is 1. The van der Waals surface area contributed by atoms with E-state index in [9.17, 15) is 10.1 Å². The lowest BCUT2D eigenvalue weighted by Crippen LogP contribution is -2.20. The molecule has 0 radical (unpaired) electrons. The molecule has 2 aromatic rings. The van der Waals surface area contributed by atoms with Crippen LogP contribution in [-0.4, -0.2) is 29.0 Å². The highest BCUT2D eigenvalue weighted by Gasteiger charge is 2.21. The van der Waals surface area contributed by atoms with Crippen LogP contribution in [0.15, 0.2) is 17.6 Å². The lowest BCUT2D eigenvalue weighted by atomic mass is 10.2. The van der Waals surface area contributed by atoms with Crippen molar-refractivity contribution in [3.8, 4) is 0 Å². The summed E-state index contributed by atoms with van der Waals surface area (Å²) >= 11 is 1.42. The maximum atomic E-state index is 11.2. The van der Waals surface area contributed by atoms with Gasteiger partial charge in [0, 0.05) is 12.6 Å². The highest BCUT2D eigenvalue weighted by atomic mass is 32.1. The predicted molar refractivity (Wildman–Crippen MR) is 80.4 cm³/mol. The standard InChI is InChI=1S/C13H16N4O2S/c18-17(19)13-10(4-5-11-12(13)16-8-20-11)15-7-1-6-14-9-2-3-9/h4-5,8-9,14-15H,1-3,6-7H2. The molecule has 1 aromatic carbocycles. The molecule has 0 bridgehead atoms. The Bertz CT molecular complexity index is 624. The highest BCUT2D eigenvalue weighted by molar-refractivity contribution is 7.16. The van der Waals surface area contributed by atoms with Crippen LogP contribution in [0.25, 0.3) is 10.2 Å². The molecule has 1 aromatic heterocycles. The first-order chi connectivity index (χ1) is 9.75. The quantitative estimate of drug-likeness (QED) is 0.466. The summed E-state index contributed by atoms with van der Waals surface area (Å²) in [5, 5.41) is 17.8. The van der Waals surface area contributed by atoms with Crippen LogP contribution in [0.3, 0.4) is 0 Å². The lowest BCUT2D eigenvalue weighted by Gasteiger charge is -2.07. The Morgan fingerprint density at radius 1 is 1.40 bits per heavy atom. The third kappa shape index (κ3) is 2.88. The summed E-state index contributed by atoms with van der Waals surface area (Å²) in [5.74, 6) is 0. The number of fused-ring (bicyclic) bond motifs is 1. The fraction of sp³-hybridized carbons (Fsp3) is 0.462. The van der Waals surface area contributed by atoms with E-state index in [1.54, 1.807) is 11.6 Å². The molecule has 2 N–H and O–H groups in total. The summed E-state index contributed by atoms with van der Waals surface area (Å²) in [6, 6.07) is 4.35. The molecule has 0 aliphatic heterocycles. The van der Waals surface area contributed by atoms with Crippen LogP contribution >= 0.6 is 11.3 Å². The minimum atomic E-state index is -0.354. The zero-order valence-corrected chi connectivity index (χ0v) is 11.8. The number of nitrogens with one attached hydrogen (secondary N) is 2. The molecule has 1 aliphatic rings. The largest absolute Gasteiger partial charge is 0.379 e. The molecule has 0 unspecified atom stereocenters. The van der Waals surface area contributed by atoms with Gasteiger partial charge in [-0.1, -0.05) is 0 Å². The van der Waals surface area contributed by atoms with E-state index < -0.39 is 0 Å². The van der Waals surface area contributed by atoms with Crippen molar-refractivity contribution in [1.82, 2.24) is 10.3 Å². The summed E-state index contributed by atoms with van der Waals surface area (Å²) in [4.78, 5) is 15.0. The first kappa shape index (κ1) is 13.3. The van der Waals surface area contributed by atoms with E-state index in [1.165, 1.54) is 24.2 Å². The molecule has 7 heteroatoms. The van der Waals surface area contributed by atoms with Crippen LogP contribution in [-0.2, 0) is 0 Å². The molecule has 20 heavy (non-hydrogen) atoms. The summed E-state index contributed by atoms with van der Waals surface area (Å²) in [5.41, 5.74) is 2.75. The van der Waals surface area contributed by atoms with Gasteiger partial charge in [0.1, 0.15) is 5.69 Å². The van der Waals surface area contributed by atoms with E-state index in [0.29, 0.717) is 17.2 Å². The van der Waals surface area contributed by atoms with Crippen molar-refractivity contribution in [3.05, 3.63) is 27.8 Å². The van der Waals surface area contributed by atoms with Crippen molar-refractivity contribution < 1.29 is 4.92 Å². The minimum absolute atomic E-state index is 0.0823. The minimum Gasteiger partial charge on any atom is -0.379 e. The van der Waals surface area contributed by atoms with Gasteiger partial charge >= 0.3 is 5.69 Å². The molecule has 0 saturated heterocycles. The molecular formula is C13H16N4O2S. The van der Waals surface area contributed by atoms with E-state index in [2.05, 4.69) is 15.6 Å². The van der Waals surface area contributed by atoms with Crippen molar-refractivity contribution in [1.29, 1.82) is 0 Å². The number of benzene rings is 1. The number of hydrogen-bond acceptors (Lipinski definition) is 6. The second-order valence-electron chi connectivity index (χ2n) is 4.93. The van der Waals surface area contributed by atoms with Crippen molar-refractivity contribution in [2.75, 3.05) is 18.4 Å². The average Bonchev–Trinajstić information content (AvgIpc) is 3.13. The Balaban J connectivity index is 1.66. The number of anilines is 1. The Morgan fingerprint density at radius 2 is 2.25 bits per heavy atom. The summed E-state index contributed by atoms with van der Waals surface area (Å²) in [6.45, 7) is 1.67. The average molecular weight is 292 g/mol. The zero-order chi connectivity index (χ0) is 13.9. The first-order valence-corrected chi connectivity index (χ1v) is 7.61. The van der Waals surface area contributed by atoms with E-state index in [-0.39, 0.29) is 10.6 Å². The maximum absolute atomic E-state index is 11.2. The van der Waals surface area contributed by atoms with Crippen molar-refractivity contribution in [3.63, 3.8) is 0 Å². The molecule has 0 amide bonds. The molecule has 6 nitrogen and oxygen atoms in total. The monoisotopic (exact) mass is 292 g/mol. The topological polar surface area (TPSA) is 80.1 Å². The number of nitrogens with zero attached hydrogens (tertiary/aromatic N) is 2. The number of hydrogen-bond donors (Lipinski definition) is 2. The normalized spacial score (nSPS) is 14.6. The second kappa shape index (κ2) is 5.72. The van der Waals surface area contributed by atoms with Gasteiger partial charge in [-0.05, 0) is 37.9 Å². The highest BCUT2D eigenvalue weighted by Crippen LogP contribution is 2.34. The van der Waals surface area contributed by atoms with E-state index in [0.717, 1.165) is 24.2 Å². The zero-order valence-electron chi connectivity index (χ0n) is 11.0. The van der Waals surface area contributed by atoms with Gasteiger partial charge in [0.05, 0.1) is 15.1 Å². The van der Waals surface area contributed by atoms with Crippen LogP contribution in [0.2, 0.25) is 0 Å². The van der Waals surface area contributed by atoms with Crippen molar-refractivity contribution in [2.45, 2.75) is 25.3 Å². The molecule has 1 aliphatic carbocycles. The molecule has 1 saturated carbocycles. The summed E-state index contributed by atoms with van der Waals surface area (Å²) in [7, 11) is 0. The summed E-state index contributed by atoms with van der Waals surface area (Å²) in [6.07, 6.45) is 3.50. The smallest absolute Gasteiger partial charge is 0.319 e. The van der Waals surface area contributed by atoms with Crippen LogP contribution in [0.1, 0.15) is 19.3 Å². The molecule has 3 rings (SSSR count). The number of nitro groups is 1. The molecule has 1 fully saturated rings. The van der Waals surface area contributed by atoms with Gasteiger partial charge in [0.2, 0.25) is 0 Å². The molecule has 1 heterocycles. The Hall–Kier alpha value is -1.73. The second-order valence-corrected chi connectivity index (χ2v) is 5.81. The number of aromatic nitrogens is 1. The lowest BCUT2D eigenvalue weighted by molar-refractivity contribution is -0.382. The SMILES string of the molecule is O=[N+]([O-])c1c(NCCCNC2CC2)ccc2scnc12. The Morgan fingerprint density at radius 3 is 3.00 bits per heavy atom. The molecular weight excluding hydrogens is 276 g/mol. The molecule has 0 atom stereocenters. The Kier molecular flexibility index (Phi) is 3.79. The van der Waals surface area contributed by atoms with E-state index in [1.807, 2.05) is 6.07 Å². The third-order valence-corrected chi connectivity index (χ3v) is 4.13. The van der Waals surface area contributed by atoms with Gasteiger partial charge in [-0.15, -0.1) is 11.3 Å². The predicted octanol–water partition coefficient (Wildman–Crippen LogP) is 2.76.